The van der Waals surface area contributed by atoms with Gasteiger partial charge >= 0.3 is 0 Å². The number of benzene rings is 4. The zero-order chi connectivity index (χ0) is 75.8. The first-order valence-corrected chi connectivity index (χ1v) is 38.8. The summed E-state index contributed by atoms with van der Waals surface area (Å²) in [6, 6.07) is 46.8. The highest BCUT2D eigenvalue weighted by Gasteiger charge is 2.21. The van der Waals surface area contributed by atoms with Crippen LogP contribution < -0.4 is 0 Å². The van der Waals surface area contributed by atoms with E-state index in [2.05, 4.69) is 308 Å². The van der Waals surface area contributed by atoms with Gasteiger partial charge in [0, 0.05) is 54.8 Å². The minimum absolute atomic E-state index is 0.0565. The lowest BCUT2D eigenvalue weighted by molar-refractivity contribution is 0.551. The molecule has 0 N–H and O–H groups in total. The van der Waals surface area contributed by atoms with Crippen molar-refractivity contribution in [2.24, 2.45) is 0 Å². The molecule has 0 aliphatic carbocycles. The maximum absolute atomic E-state index is 5.35. The first-order valence-electron chi connectivity index (χ1n) is 35.3. The number of hydrogen-bond acceptors (Lipinski definition) is 16. The summed E-state index contributed by atoms with van der Waals surface area (Å²) >= 11 is 6.80. The van der Waals surface area contributed by atoms with E-state index in [1.807, 2.05) is 77.2 Å². The van der Waals surface area contributed by atoms with E-state index in [9.17, 15) is 0 Å². The van der Waals surface area contributed by atoms with Gasteiger partial charge in [-0.2, -0.15) is 0 Å². The second-order valence-corrected chi connectivity index (χ2v) is 37.8. The SMILES string of the molecule is CC(C)(C)c1ccc2ccoc2c1.CC(C)(C)c1ccc2ccsc2c1.CC(C)(C)c1ccc2ncoc2n1.CC(C)(C)c1ccc2ncsc2n1.CC(C)(C)c1ccc2occc2c1.CC(C)(C)c1ccc2sccc2c1.CC(C)(C)c1cnc2ocnc2c1.CC(C)(C)c1cnc2scnc2c1. The van der Waals surface area contributed by atoms with Gasteiger partial charge < -0.3 is 17.7 Å². The van der Waals surface area contributed by atoms with Gasteiger partial charge in [-0.25, -0.2) is 39.9 Å². The summed E-state index contributed by atoms with van der Waals surface area (Å²) < 4.78 is 23.6. The molecule has 16 rings (SSSR count). The highest BCUT2D eigenvalue weighted by Crippen LogP contribution is 2.34. The number of hydrogen-bond donors (Lipinski definition) is 0. The second-order valence-electron chi connectivity index (χ2n) is 34.2. The van der Waals surface area contributed by atoms with Crippen LogP contribution in [0.2, 0.25) is 0 Å². The van der Waals surface area contributed by atoms with Gasteiger partial charge in [-0.15, -0.1) is 45.3 Å². The van der Waals surface area contributed by atoms with Crippen LogP contribution in [0.15, 0.2) is 211 Å². The Morgan fingerprint density at radius 3 is 1.35 bits per heavy atom. The molecule has 544 valence electrons. The van der Waals surface area contributed by atoms with Crippen LogP contribution in [0.25, 0.3) is 85.3 Å². The number of furan rings is 2. The molecule has 4 aromatic carbocycles. The van der Waals surface area contributed by atoms with Gasteiger partial charge in [0.15, 0.2) is 12.8 Å². The van der Waals surface area contributed by atoms with E-state index in [-0.39, 0.29) is 43.3 Å². The molecular weight excluding hydrogens is 1360 g/mol. The van der Waals surface area contributed by atoms with Crippen molar-refractivity contribution >= 4 is 131 Å². The van der Waals surface area contributed by atoms with Crippen LogP contribution in [0, 0.1) is 0 Å². The molecule has 0 unspecified atom stereocenters. The molecule has 0 aliphatic heterocycles. The predicted octanol–water partition coefficient (Wildman–Crippen LogP) is 26.9. The van der Waals surface area contributed by atoms with Crippen molar-refractivity contribution in [1.82, 2.24) is 39.9 Å². The van der Waals surface area contributed by atoms with Crippen molar-refractivity contribution in [3.63, 3.8) is 0 Å². The summed E-state index contributed by atoms with van der Waals surface area (Å²) in [4.78, 5) is 36.1. The summed E-state index contributed by atoms with van der Waals surface area (Å²) in [6.07, 6.45) is 10.1. The fourth-order valence-corrected chi connectivity index (χ4v) is 13.3. The van der Waals surface area contributed by atoms with Gasteiger partial charge in [0.05, 0.1) is 29.1 Å². The molecule has 12 nitrogen and oxygen atoms in total. The van der Waals surface area contributed by atoms with Crippen LogP contribution in [0.3, 0.4) is 0 Å². The van der Waals surface area contributed by atoms with E-state index in [0.717, 1.165) is 54.3 Å². The molecule has 104 heavy (non-hydrogen) atoms. The van der Waals surface area contributed by atoms with Crippen LogP contribution in [0.5, 0.6) is 0 Å². The van der Waals surface area contributed by atoms with Crippen molar-refractivity contribution in [1.29, 1.82) is 0 Å². The maximum Gasteiger partial charge on any atom is 0.246 e. The second kappa shape index (κ2) is 32.3. The number of pyridine rings is 4. The van der Waals surface area contributed by atoms with Gasteiger partial charge in [-0.3, -0.25) is 0 Å². The van der Waals surface area contributed by atoms with Crippen LogP contribution in [-0.2, 0) is 43.3 Å². The summed E-state index contributed by atoms with van der Waals surface area (Å²) in [5.41, 5.74) is 21.9. The number of rotatable bonds is 0. The Balaban J connectivity index is 0.000000138. The quantitative estimate of drug-likeness (QED) is 0.142. The molecule has 0 atom stereocenters. The molecule has 12 heterocycles. The molecule has 0 fully saturated rings. The van der Waals surface area contributed by atoms with Crippen LogP contribution in [-0.4, -0.2) is 39.9 Å². The van der Waals surface area contributed by atoms with Crippen molar-refractivity contribution < 1.29 is 17.7 Å². The average molecular weight is 1470 g/mol. The van der Waals surface area contributed by atoms with Crippen molar-refractivity contribution in [2.75, 3.05) is 0 Å². The number of fused-ring (bicyclic) bond motifs is 8. The first-order chi connectivity index (χ1) is 48.6. The Hall–Kier alpha value is -8.80. The molecule has 12 aromatic heterocycles. The molecule has 0 saturated heterocycles. The fourth-order valence-electron chi connectivity index (χ4n) is 10.4. The normalized spacial score (nSPS) is 12.2. The van der Waals surface area contributed by atoms with Crippen molar-refractivity contribution in [3.8, 4) is 0 Å². The number of aromatic nitrogens is 8. The highest BCUT2D eigenvalue weighted by molar-refractivity contribution is 7.17. The standard InChI is InChI=1S/2C12H14O.2C12H14S.2C10H12N2O.2C10H12N2S/c1-12(2,3)10-4-5-11-9(8-10)6-7-13-11;1-12(2,3)10-5-4-9-6-7-13-11(9)8-10;1-12(2,3)10-4-5-11-9(8-10)6-7-13-11;1-12(2,3)10-5-4-9-6-7-13-11(9)8-10;1-10(2,3)7-4-8-9(11-5-7)13-6-12-8;1-10(2,3)8-5-4-7-9(12-8)13-6-11-7;1-10(2,3)7-4-8-9(11-5-7)13-6-12-8;1-10(2,3)8-5-4-7-9(12-8)13-6-11-7/h4*4-8H,1-3H3;4*4-6H,1-3H3. The summed E-state index contributed by atoms with van der Waals surface area (Å²) in [7, 11) is 0. The monoisotopic (exact) mass is 1460 g/mol. The Bertz CT molecular complexity index is 4400. The number of thiophene rings is 2. The highest BCUT2D eigenvalue weighted by atomic mass is 32.1. The van der Waals surface area contributed by atoms with E-state index in [1.54, 1.807) is 46.5 Å². The molecule has 0 aliphatic rings. The van der Waals surface area contributed by atoms with Gasteiger partial charge in [0.25, 0.3) is 0 Å². The van der Waals surface area contributed by atoms with E-state index >= 15 is 0 Å². The lowest BCUT2D eigenvalue weighted by Gasteiger charge is -2.18. The minimum Gasteiger partial charge on any atom is -0.464 e. The number of nitrogens with zero attached hydrogens (tertiary/aromatic N) is 8. The van der Waals surface area contributed by atoms with Crippen LogP contribution >= 0.6 is 45.3 Å². The molecule has 0 radical (unpaired) electrons. The van der Waals surface area contributed by atoms with E-state index in [4.69, 9.17) is 17.7 Å². The molecule has 0 saturated carbocycles. The topological polar surface area (TPSA) is 156 Å². The Labute approximate surface area is 630 Å². The largest absolute Gasteiger partial charge is 0.464 e. The van der Waals surface area contributed by atoms with E-state index < -0.39 is 0 Å². The Morgan fingerprint density at radius 1 is 0.269 bits per heavy atom. The molecule has 0 amide bonds. The summed E-state index contributed by atoms with van der Waals surface area (Å²) in [5, 5.41) is 9.39. The smallest absolute Gasteiger partial charge is 0.246 e. The fraction of sp³-hybridized carbons (Fsp3) is 0.364. The van der Waals surface area contributed by atoms with E-state index in [1.165, 1.54) is 77.1 Å². The zero-order valence-electron chi connectivity index (χ0n) is 65.3. The predicted molar refractivity (Wildman–Crippen MR) is 444 cm³/mol. The molecule has 16 aromatic rings. The van der Waals surface area contributed by atoms with Gasteiger partial charge in [-0.05, 0) is 184 Å². The number of thiazole rings is 2. The van der Waals surface area contributed by atoms with Crippen molar-refractivity contribution in [3.05, 3.63) is 238 Å². The third-order valence-electron chi connectivity index (χ3n) is 17.3. The molecule has 0 spiro atoms. The third kappa shape index (κ3) is 21.7. The molecule has 0 bridgehead atoms. The number of oxazole rings is 2. The summed E-state index contributed by atoms with van der Waals surface area (Å²) in [6.45, 7) is 52.6. The lowest BCUT2D eigenvalue weighted by atomic mass is 9.86. The zero-order valence-corrected chi connectivity index (χ0v) is 68.6. The Morgan fingerprint density at radius 2 is 0.731 bits per heavy atom. The van der Waals surface area contributed by atoms with Gasteiger partial charge in [0.1, 0.15) is 37.4 Å². The van der Waals surface area contributed by atoms with Crippen LogP contribution in [0.1, 0.15) is 211 Å². The molecule has 16 heteroatoms. The lowest BCUT2D eigenvalue weighted by Crippen LogP contribution is -2.12. The van der Waals surface area contributed by atoms with Crippen molar-refractivity contribution in [2.45, 2.75) is 209 Å². The Kier molecular flexibility index (Phi) is 24.6. The minimum atomic E-state index is 0.0565. The van der Waals surface area contributed by atoms with Gasteiger partial charge in [-0.1, -0.05) is 203 Å². The van der Waals surface area contributed by atoms with E-state index in [0.29, 0.717) is 11.4 Å². The third-order valence-corrected chi connectivity index (χ3v) is 20.6. The van der Waals surface area contributed by atoms with Gasteiger partial charge in [0.2, 0.25) is 11.4 Å². The van der Waals surface area contributed by atoms with Crippen LogP contribution in [0.4, 0.5) is 0 Å². The average Bonchev–Trinajstić information content (AvgIpc) is 1.73. The maximum atomic E-state index is 5.35. The first kappa shape index (κ1) is 79.3. The molecular formula is C88H104N8O4S4. The summed E-state index contributed by atoms with van der Waals surface area (Å²) in [5.74, 6) is 0.